The van der Waals surface area contributed by atoms with E-state index in [1.807, 2.05) is 13.0 Å². The van der Waals surface area contributed by atoms with Gasteiger partial charge in [-0.1, -0.05) is 12.1 Å². The summed E-state index contributed by atoms with van der Waals surface area (Å²) in [5.74, 6) is -0.836. The summed E-state index contributed by atoms with van der Waals surface area (Å²) in [5, 5.41) is 21.6. The van der Waals surface area contributed by atoms with Crippen molar-refractivity contribution in [1.82, 2.24) is 0 Å². The van der Waals surface area contributed by atoms with E-state index in [0.29, 0.717) is 11.4 Å². The number of carbonyl (C=O) groups excluding carboxylic acids is 1. The molecule has 0 bridgehead atoms. The lowest BCUT2D eigenvalue weighted by atomic mass is 10.1. The molecule has 5 heteroatoms. The number of hydrogen-bond donors (Lipinski definition) is 4. The van der Waals surface area contributed by atoms with Crippen molar-refractivity contribution in [3.05, 3.63) is 47.5 Å². The van der Waals surface area contributed by atoms with Gasteiger partial charge in [0.1, 0.15) is 11.5 Å². The molecule has 0 heterocycles. The Balaban J connectivity index is 2.34. The van der Waals surface area contributed by atoms with Crippen LogP contribution in [0, 0.1) is 6.92 Å². The lowest BCUT2D eigenvalue weighted by Crippen LogP contribution is -2.14. The number of anilines is 2. The molecule has 1 amide bonds. The average molecular weight is 258 g/mol. The number of benzene rings is 2. The third kappa shape index (κ3) is 2.60. The fourth-order valence-electron chi connectivity index (χ4n) is 1.75. The standard InChI is InChI=1S/C14H14N2O3/c1-8-3-2-4-11(15)13(8)16-14(19)10-7-9(17)5-6-12(10)18/h2-7,17-18H,15H2,1H3,(H,16,19). The van der Waals surface area contributed by atoms with Crippen LogP contribution in [0.15, 0.2) is 36.4 Å². The molecule has 0 saturated carbocycles. The van der Waals surface area contributed by atoms with Gasteiger partial charge in [0, 0.05) is 0 Å². The number of phenolic OH excluding ortho intramolecular Hbond substituents is 2. The predicted octanol–water partition coefficient (Wildman–Crippen LogP) is 2.24. The van der Waals surface area contributed by atoms with Gasteiger partial charge in [0.2, 0.25) is 0 Å². The van der Waals surface area contributed by atoms with Crippen LogP contribution in [-0.2, 0) is 0 Å². The molecule has 5 N–H and O–H groups in total. The van der Waals surface area contributed by atoms with Crippen LogP contribution in [0.5, 0.6) is 11.5 Å². The van der Waals surface area contributed by atoms with Crippen molar-refractivity contribution < 1.29 is 15.0 Å². The van der Waals surface area contributed by atoms with Crippen molar-refractivity contribution in [2.45, 2.75) is 6.92 Å². The molecule has 2 aromatic rings. The zero-order valence-electron chi connectivity index (χ0n) is 10.3. The molecule has 98 valence electrons. The maximum atomic E-state index is 12.1. The Morgan fingerprint density at radius 3 is 2.63 bits per heavy atom. The molecule has 0 aliphatic carbocycles. The Morgan fingerprint density at radius 1 is 1.21 bits per heavy atom. The summed E-state index contributed by atoms with van der Waals surface area (Å²) in [7, 11) is 0. The summed E-state index contributed by atoms with van der Waals surface area (Å²) in [6, 6.07) is 9.02. The smallest absolute Gasteiger partial charge is 0.259 e. The number of nitrogens with two attached hydrogens (primary N) is 1. The third-order valence-electron chi connectivity index (χ3n) is 2.77. The molecule has 0 atom stereocenters. The van der Waals surface area contributed by atoms with Gasteiger partial charge >= 0.3 is 0 Å². The van der Waals surface area contributed by atoms with Crippen molar-refractivity contribution in [2.75, 3.05) is 11.1 Å². The summed E-state index contributed by atoms with van der Waals surface area (Å²) in [6.07, 6.45) is 0. The monoisotopic (exact) mass is 258 g/mol. The van der Waals surface area contributed by atoms with Crippen molar-refractivity contribution in [3.63, 3.8) is 0 Å². The summed E-state index contributed by atoms with van der Waals surface area (Å²) >= 11 is 0. The van der Waals surface area contributed by atoms with Crippen LogP contribution in [0.2, 0.25) is 0 Å². The van der Waals surface area contributed by atoms with E-state index in [9.17, 15) is 15.0 Å². The van der Waals surface area contributed by atoms with Gasteiger partial charge in [-0.05, 0) is 36.8 Å². The summed E-state index contributed by atoms with van der Waals surface area (Å²) in [4.78, 5) is 12.1. The first-order valence-corrected chi connectivity index (χ1v) is 5.67. The van der Waals surface area contributed by atoms with Crippen LogP contribution in [-0.4, -0.2) is 16.1 Å². The highest BCUT2D eigenvalue weighted by Gasteiger charge is 2.14. The molecule has 0 saturated heterocycles. The Hall–Kier alpha value is -2.69. The molecule has 0 aromatic heterocycles. The van der Waals surface area contributed by atoms with Crippen molar-refractivity contribution in [1.29, 1.82) is 0 Å². The number of hydrogen-bond acceptors (Lipinski definition) is 4. The molecule has 5 nitrogen and oxygen atoms in total. The van der Waals surface area contributed by atoms with E-state index in [-0.39, 0.29) is 17.1 Å². The van der Waals surface area contributed by atoms with Crippen LogP contribution in [0.3, 0.4) is 0 Å². The molecule has 2 aromatic carbocycles. The van der Waals surface area contributed by atoms with Gasteiger partial charge in [-0.25, -0.2) is 0 Å². The van der Waals surface area contributed by atoms with Gasteiger partial charge in [-0.15, -0.1) is 0 Å². The summed E-state index contributed by atoms with van der Waals surface area (Å²) in [6.45, 7) is 1.81. The third-order valence-corrected chi connectivity index (χ3v) is 2.77. The minimum absolute atomic E-state index is 0.0114. The molecular formula is C14H14N2O3. The van der Waals surface area contributed by atoms with Crippen molar-refractivity contribution >= 4 is 17.3 Å². The number of aromatic hydroxyl groups is 2. The number of phenols is 2. The highest BCUT2D eigenvalue weighted by atomic mass is 16.3. The Bertz CT molecular complexity index is 618. The van der Waals surface area contributed by atoms with Crippen LogP contribution in [0.1, 0.15) is 15.9 Å². The first-order valence-electron chi connectivity index (χ1n) is 5.67. The van der Waals surface area contributed by atoms with Gasteiger partial charge in [-0.3, -0.25) is 4.79 Å². The summed E-state index contributed by atoms with van der Waals surface area (Å²) < 4.78 is 0. The van der Waals surface area contributed by atoms with E-state index < -0.39 is 5.91 Å². The number of nitrogen functional groups attached to an aromatic ring is 1. The highest BCUT2D eigenvalue weighted by Crippen LogP contribution is 2.26. The second-order valence-electron chi connectivity index (χ2n) is 4.19. The molecular weight excluding hydrogens is 244 g/mol. The number of aryl methyl sites for hydroxylation is 1. The van der Waals surface area contributed by atoms with Crippen molar-refractivity contribution in [3.8, 4) is 11.5 Å². The van der Waals surface area contributed by atoms with E-state index in [0.717, 1.165) is 5.56 Å². The highest BCUT2D eigenvalue weighted by molar-refractivity contribution is 6.08. The maximum Gasteiger partial charge on any atom is 0.259 e. The molecule has 0 aliphatic rings. The fourth-order valence-corrected chi connectivity index (χ4v) is 1.75. The second kappa shape index (κ2) is 4.89. The average Bonchev–Trinajstić information content (AvgIpc) is 2.37. The fraction of sp³-hybridized carbons (Fsp3) is 0.0714. The number of amides is 1. The van der Waals surface area contributed by atoms with Crippen molar-refractivity contribution in [2.24, 2.45) is 0 Å². The Labute approximate surface area is 110 Å². The zero-order valence-corrected chi connectivity index (χ0v) is 10.3. The SMILES string of the molecule is Cc1cccc(N)c1NC(=O)c1cc(O)ccc1O. The van der Waals surface area contributed by atoms with Gasteiger partial charge < -0.3 is 21.3 Å². The Kier molecular flexibility index (Phi) is 3.29. The van der Waals surface area contributed by atoms with E-state index in [4.69, 9.17) is 5.73 Å². The lowest BCUT2D eigenvalue weighted by Gasteiger charge is -2.12. The first-order chi connectivity index (χ1) is 8.99. The van der Waals surface area contributed by atoms with E-state index in [1.54, 1.807) is 12.1 Å². The number of carbonyl (C=O) groups is 1. The van der Waals surface area contributed by atoms with Gasteiger partial charge in [0.15, 0.2) is 0 Å². The largest absolute Gasteiger partial charge is 0.508 e. The van der Waals surface area contributed by atoms with E-state index >= 15 is 0 Å². The van der Waals surface area contributed by atoms with Gasteiger partial charge in [0.25, 0.3) is 5.91 Å². The minimum Gasteiger partial charge on any atom is -0.508 e. The van der Waals surface area contributed by atoms with E-state index in [2.05, 4.69) is 5.32 Å². The molecule has 0 spiro atoms. The first kappa shape index (κ1) is 12.8. The topological polar surface area (TPSA) is 95.6 Å². The van der Waals surface area contributed by atoms with Gasteiger partial charge in [0.05, 0.1) is 16.9 Å². The summed E-state index contributed by atoms with van der Waals surface area (Å²) in [5.41, 5.74) is 7.52. The van der Waals surface area contributed by atoms with Crippen LogP contribution < -0.4 is 11.1 Å². The van der Waals surface area contributed by atoms with Crippen LogP contribution in [0.4, 0.5) is 11.4 Å². The Morgan fingerprint density at radius 2 is 1.95 bits per heavy atom. The van der Waals surface area contributed by atoms with Crippen LogP contribution >= 0.6 is 0 Å². The normalized spacial score (nSPS) is 10.2. The number of rotatable bonds is 2. The number of para-hydroxylation sites is 1. The predicted molar refractivity (Wildman–Crippen MR) is 73.3 cm³/mol. The zero-order chi connectivity index (χ0) is 14.0. The van der Waals surface area contributed by atoms with Crippen LogP contribution in [0.25, 0.3) is 0 Å². The van der Waals surface area contributed by atoms with E-state index in [1.165, 1.54) is 18.2 Å². The maximum absolute atomic E-state index is 12.1. The quantitative estimate of drug-likeness (QED) is 0.490. The molecule has 0 aliphatic heterocycles. The van der Waals surface area contributed by atoms with Gasteiger partial charge in [-0.2, -0.15) is 0 Å². The lowest BCUT2D eigenvalue weighted by molar-refractivity contribution is 0.102. The minimum atomic E-state index is -0.533. The molecule has 0 radical (unpaired) electrons. The molecule has 2 rings (SSSR count). The molecule has 0 fully saturated rings. The molecule has 0 unspecified atom stereocenters. The second-order valence-corrected chi connectivity index (χ2v) is 4.19. The number of nitrogens with one attached hydrogen (secondary N) is 1. The molecule has 19 heavy (non-hydrogen) atoms.